The second-order valence-electron chi connectivity index (χ2n) is 9.73. The Morgan fingerprint density at radius 1 is 1.10 bits per heavy atom. The van der Waals surface area contributed by atoms with Gasteiger partial charge in [0.25, 0.3) is 0 Å². The minimum Gasteiger partial charge on any atom is -0.461 e. The second kappa shape index (κ2) is 6.86. The Morgan fingerprint density at radius 3 is 2.38 bits per heavy atom. The largest absolute Gasteiger partial charge is 0.461 e. The molecule has 29 heavy (non-hydrogen) atoms. The van der Waals surface area contributed by atoms with Gasteiger partial charge in [-0.05, 0) is 49.7 Å². The zero-order valence-electron chi connectivity index (χ0n) is 18.1. The molecule has 2 bridgehead atoms. The summed E-state index contributed by atoms with van der Waals surface area (Å²) < 4.78 is 7.79. The van der Waals surface area contributed by atoms with Crippen molar-refractivity contribution in [3.8, 4) is 0 Å². The first-order chi connectivity index (χ1) is 13.6. The van der Waals surface area contributed by atoms with E-state index in [9.17, 15) is 9.59 Å². The summed E-state index contributed by atoms with van der Waals surface area (Å²) in [7, 11) is 1.84. The van der Waals surface area contributed by atoms with Crippen LogP contribution in [-0.4, -0.2) is 22.4 Å². The molecule has 4 rings (SSSR count). The Balaban J connectivity index is 1.45. The van der Waals surface area contributed by atoms with Crippen molar-refractivity contribution in [2.45, 2.75) is 59.5 Å². The van der Waals surface area contributed by atoms with E-state index in [4.69, 9.17) is 4.74 Å². The summed E-state index contributed by atoms with van der Waals surface area (Å²) in [4.78, 5) is 25.5. The summed E-state index contributed by atoms with van der Waals surface area (Å²) in [6, 6.07) is 11.2. The Labute approximate surface area is 173 Å². The molecule has 0 spiro atoms. The molecule has 0 amide bonds. The first kappa shape index (κ1) is 19.9. The number of carbonyl (C=O) groups is 2. The van der Waals surface area contributed by atoms with Gasteiger partial charge in [0.05, 0.1) is 12.1 Å². The fourth-order valence-electron chi connectivity index (χ4n) is 5.47. The zero-order valence-corrected chi connectivity index (χ0v) is 18.1. The minimum absolute atomic E-state index is 0.00215. The van der Waals surface area contributed by atoms with Gasteiger partial charge in [-0.2, -0.15) is 0 Å². The van der Waals surface area contributed by atoms with Gasteiger partial charge in [-0.25, -0.2) is 0 Å². The molecule has 2 saturated carbocycles. The maximum atomic E-state index is 12.8. The monoisotopic (exact) mass is 393 g/mol. The van der Waals surface area contributed by atoms with Crippen molar-refractivity contribution >= 4 is 11.8 Å². The average Bonchev–Trinajstić information content (AvgIpc) is 3.20. The summed E-state index contributed by atoms with van der Waals surface area (Å²) in [5, 5.41) is 0. The van der Waals surface area contributed by atoms with Gasteiger partial charge in [-0.3, -0.25) is 9.59 Å². The number of ketones is 1. The number of ether oxygens (including phenoxy) is 1. The molecule has 2 fully saturated rings. The maximum Gasteiger partial charge on any atom is 0.312 e. The number of hydrogen-bond acceptors (Lipinski definition) is 3. The number of nitrogens with zero attached hydrogens (tertiary/aromatic N) is 1. The number of esters is 1. The molecule has 2 aliphatic carbocycles. The van der Waals surface area contributed by atoms with E-state index in [2.05, 4.69) is 20.8 Å². The standard InChI is InChI=1S/C25H31NO3/c1-16-6-8-17(9-7-16)23(28)20-11-10-19(26(20)5)15-22(27)29-21-14-18-12-13-25(21,4)24(18,2)3/h6-11,18,21H,12-15H2,1-5H3/t18?,21-,25?/m1/s1. The highest BCUT2D eigenvalue weighted by molar-refractivity contribution is 6.08. The lowest BCUT2D eigenvalue weighted by molar-refractivity contribution is -0.156. The molecular formula is C25H31NO3. The Bertz CT molecular complexity index is 953. The fraction of sp³-hybridized carbons (Fsp3) is 0.520. The van der Waals surface area contributed by atoms with Crippen LogP contribution in [0.25, 0.3) is 0 Å². The lowest BCUT2D eigenvalue weighted by Crippen LogP contribution is -2.38. The Hall–Kier alpha value is -2.36. The van der Waals surface area contributed by atoms with Crippen LogP contribution < -0.4 is 0 Å². The molecule has 2 unspecified atom stereocenters. The van der Waals surface area contributed by atoms with Crippen molar-refractivity contribution in [2.24, 2.45) is 23.8 Å². The van der Waals surface area contributed by atoms with Crippen molar-refractivity contribution in [1.29, 1.82) is 0 Å². The Kier molecular flexibility index (Phi) is 4.71. The van der Waals surface area contributed by atoms with Gasteiger partial charge in [0.2, 0.25) is 5.78 Å². The van der Waals surface area contributed by atoms with Crippen LogP contribution in [0.3, 0.4) is 0 Å². The summed E-state index contributed by atoms with van der Waals surface area (Å²) in [5.74, 6) is 0.406. The van der Waals surface area contributed by atoms with E-state index in [1.165, 1.54) is 6.42 Å². The first-order valence-corrected chi connectivity index (χ1v) is 10.6. The highest BCUT2D eigenvalue weighted by atomic mass is 16.5. The van der Waals surface area contributed by atoms with Crippen LogP contribution in [0.4, 0.5) is 0 Å². The van der Waals surface area contributed by atoms with Crippen molar-refractivity contribution in [3.63, 3.8) is 0 Å². The van der Waals surface area contributed by atoms with Crippen LogP contribution in [0.2, 0.25) is 0 Å². The molecule has 0 radical (unpaired) electrons. The van der Waals surface area contributed by atoms with Crippen LogP contribution >= 0.6 is 0 Å². The van der Waals surface area contributed by atoms with Gasteiger partial charge in [-0.1, -0.05) is 50.6 Å². The third-order valence-corrected chi connectivity index (χ3v) is 8.09. The van der Waals surface area contributed by atoms with Gasteiger partial charge in [0.1, 0.15) is 6.10 Å². The van der Waals surface area contributed by atoms with Gasteiger partial charge < -0.3 is 9.30 Å². The fourth-order valence-corrected chi connectivity index (χ4v) is 5.47. The molecule has 0 saturated heterocycles. The topological polar surface area (TPSA) is 48.3 Å². The van der Waals surface area contributed by atoms with E-state index in [0.29, 0.717) is 17.2 Å². The van der Waals surface area contributed by atoms with E-state index < -0.39 is 0 Å². The number of benzene rings is 1. The van der Waals surface area contributed by atoms with E-state index >= 15 is 0 Å². The zero-order chi connectivity index (χ0) is 21.0. The molecule has 1 aromatic heterocycles. The molecular weight excluding hydrogens is 362 g/mol. The predicted octanol–water partition coefficient (Wildman–Crippen LogP) is 4.87. The predicted molar refractivity (Wildman–Crippen MR) is 113 cm³/mol. The van der Waals surface area contributed by atoms with Gasteiger partial charge in [0.15, 0.2) is 0 Å². The normalized spacial score (nSPS) is 27.2. The summed E-state index contributed by atoms with van der Waals surface area (Å²) in [6.07, 6.45) is 3.52. The number of fused-ring (bicyclic) bond motifs is 2. The quantitative estimate of drug-likeness (QED) is 0.538. The summed E-state index contributed by atoms with van der Waals surface area (Å²) >= 11 is 0. The van der Waals surface area contributed by atoms with Gasteiger partial charge in [-0.15, -0.1) is 0 Å². The van der Waals surface area contributed by atoms with E-state index in [1.54, 1.807) is 6.07 Å². The van der Waals surface area contributed by atoms with Gasteiger partial charge >= 0.3 is 5.97 Å². The van der Waals surface area contributed by atoms with Crippen LogP contribution in [-0.2, 0) is 23.0 Å². The summed E-state index contributed by atoms with van der Waals surface area (Å²) in [6.45, 7) is 8.91. The van der Waals surface area contributed by atoms with Crippen LogP contribution in [0.5, 0.6) is 0 Å². The molecule has 3 atom stereocenters. The maximum absolute atomic E-state index is 12.8. The van der Waals surface area contributed by atoms with Gasteiger partial charge in [0, 0.05) is 23.7 Å². The van der Waals surface area contributed by atoms with Crippen LogP contribution in [0.15, 0.2) is 36.4 Å². The van der Waals surface area contributed by atoms with Crippen molar-refractivity contribution < 1.29 is 14.3 Å². The van der Waals surface area contributed by atoms with Crippen molar-refractivity contribution in [3.05, 3.63) is 58.9 Å². The molecule has 0 aliphatic heterocycles. The Morgan fingerprint density at radius 2 is 1.79 bits per heavy atom. The smallest absolute Gasteiger partial charge is 0.312 e. The SMILES string of the molecule is Cc1ccc(C(=O)c2ccc(CC(=O)O[C@@H]3CC4CCC3(C)C4(C)C)n2C)cc1. The highest BCUT2D eigenvalue weighted by Gasteiger charge is 2.62. The van der Waals surface area contributed by atoms with Crippen LogP contribution in [0.1, 0.15) is 67.3 Å². The van der Waals surface area contributed by atoms with Crippen molar-refractivity contribution in [2.75, 3.05) is 0 Å². The number of aryl methyl sites for hydroxylation is 1. The van der Waals surface area contributed by atoms with E-state index in [-0.39, 0.29) is 35.1 Å². The highest BCUT2D eigenvalue weighted by Crippen LogP contribution is 2.66. The van der Waals surface area contributed by atoms with Crippen LogP contribution in [0, 0.1) is 23.7 Å². The molecule has 154 valence electrons. The minimum atomic E-state index is -0.199. The molecule has 4 heteroatoms. The summed E-state index contributed by atoms with van der Waals surface area (Å²) in [5.41, 5.74) is 3.45. The third-order valence-electron chi connectivity index (χ3n) is 8.09. The molecule has 2 aromatic rings. The number of carbonyl (C=O) groups excluding carboxylic acids is 2. The van der Waals surface area contributed by atoms with E-state index in [0.717, 1.165) is 24.1 Å². The number of aromatic nitrogens is 1. The van der Waals surface area contributed by atoms with Crippen molar-refractivity contribution in [1.82, 2.24) is 4.57 Å². The third kappa shape index (κ3) is 3.13. The second-order valence-corrected chi connectivity index (χ2v) is 9.73. The lowest BCUT2D eigenvalue weighted by atomic mass is 9.70. The lowest BCUT2D eigenvalue weighted by Gasteiger charge is -2.38. The number of rotatable bonds is 5. The van der Waals surface area contributed by atoms with E-state index in [1.807, 2.05) is 48.9 Å². The molecule has 4 nitrogen and oxygen atoms in total. The molecule has 1 heterocycles. The molecule has 2 aliphatic rings. The molecule has 1 aromatic carbocycles. The first-order valence-electron chi connectivity index (χ1n) is 10.6. The average molecular weight is 394 g/mol. The number of hydrogen-bond donors (Lipinski definition) is 0. The molecule has 0 N–H and O–H groups in total.